The lowest BCUT2D eigenvalue weighted by molar-refractivity contribution is -0.124. The number of amides is 2. The average Bonchev–Trinajstić information content (AvgIpc) is 2.97. The van der Waals surface area contributed by atoms with Crippen LogP contribution in [0.3, 0.4) is 0 Å². The largest absolute Gasteiger partial charge is 0.306 e. The van der Waals surface area contributed by atoms with E-state index < -0.39 is 0 Å². The number of thiocarbonyl (C=S) groups is 1. The summed E-state index contributed by atoms with van der Waals surface area (Å²) in [5, 5.41) is 5.46. The van der Waals surface area contributed by atoms with Crippen LogP contribution in [0, 0.1) is 5.92 Å². The highest BCUT2D eigenvalue weighted by molar-refractivity contribution is 8.23. The molecule has 2 amide bonds. The van der Waals surface area contributed by atoms with Gasteiger partial charge >= 0.3 is 0 Å². The van der Waals surface area contributed by atoms with E-state index in [-0.39, 0.29) is 17.6 Å². The third-order valence-electron chi connectivity index (χ3n) is 3.76. The maximum Gasteiger partial charge on any atom is 0.279 e. The smallest absolute Gasteiger partial charge is 0.279 e. The molecule has 23 heavy (non-hydrogen) atoms. The number of hydrogen-bond donors (Lipinski definition) is 0. The van der Waals surface area contributed by atoms with Gasteiger partial charge in [0.25, 0.3) is 11.8 Å². The molecule has 2 heterocycles. The van der Waals surface area contributed by atoms with Crippen LogP contribution in [0.4, 0.5) is 5.69 Å². The fourth-order valence-electron chi connectivity index (χ4n) is 2.51. The minimum absolute atomic E-state index is 0.167. The van der Waals surface area contributed by atoms with Crippen molar-refractivity contribution in [1.29, 1.82) is 0 Å². The van der Waals surface area contributed by atoms with E-state index in [0.29, 0.717) is 22.5 Å². The highest BCUT2D eigenvalue weighted by atomic mass is 32.2. The molecule has 2 aliphatic heterocycles. The molecule has 0 aromatic heterocycles. The number of para-hydroxylation sites is 1. The maximum atomic E-state index is 12.8. The molecule has 1 aromatic rings. The van der Waals surface area contributed by atoms with Crippen molar-refractivity contribution < 1.29 is 9.59 Å². The molecule has 1 saturated heterocycles. The Kier molecular flexibility index (Phi) is 4.50. The van der Waals surface area contributed by atoms with E-state index in [2.05, 4.69) is 18.9 Å². The Morgan fingerprint density at radius 1 is 1.30 bits per heavy atom. The lowest BCUT2D eigenvalue weighted by Gasteiger charge is -2.18. The summed E-state index contributed by atoms with van der Waals surface area (Å²) >= 11 is 6.41. The van der Waals surface area contributed by atoms with E-state index in [1.54, 1.807) is 4.90 Å². The van der Waals surface area contributed by atoms with Crippen LogP contribution in [0.2, 0.25) is 0 Å². The first-order valence-corrected chi connectivity index (χ1v) is 8.88. The van der Waals surface area contributed by atoms with Gasteiger partial charge in [-0.2, -0.15) is 10.1 Å². The second-order valence-corrected chi connectivity index (χ2v) is 7.47. The van der Waals surface area contributed by atoms with Gasteiger partial charge in [0.1, 0.15) is 0 Å². The fraction of sp³-hybridized carbons (Fsp3) is 0.375. The third-order valence-corrected chi connectivity index (χ3v) is 5.09. The van der Waals surface area contributed by atoms with Gasteiger partial charge in [-0.05, 0) is 18.4 Å². The minimum Gasteiger partial charge on any atom is -0.306 e. The second kappa shape index (κ2) is 6.41. The average molecular weight is 347 g/mol. The van der Waals surface area contributed by atoms with E-state index in [1.165, 1.54) is 16.8 Å². The standard InChI is InChI=1S/C16H17N3O2S2/c1-10(2)7-8-18-12-6-4-3-5-11(12)14(15(18)21)17-19-13(20)9-23-16(19)22/h3-6,10H,7-9H2,1-2H3. The molecule has 1 fully saturated rings. The predicted octanol–water partition coefficient (Wildman–Crippen LogP) is 2.64. The lowest BCUT2D eigenvalue weighted by Crippen LogP contribution is -2.33. The highest BCUT2D eigenvalue weighted by Crippen LogP contribution is 2.31. The maximum absolute atomic E-state index is 12.8. The molecular formula is C16H17N3O2S2. The minimum atomic E-state index is -0.182. The van der Waals surface area contributed by atoms with Crippen molar-refractivity contribution in [1.82, 2.24) is 5.01 Å². The number of nitrogens with zero attached hydrogens (tertiary/aromatic N) is 3. The summed E-state index contributed by atoms with van der Waals surface area (Å²) in [4.78, 5) is 26.4. The van der Waals surface area contributed by atoms with Gasteiger partial charge in [-0.3, -0.25) is 9.59 Å². The molecule has 0 N–H and O–H groups in total. The SMILES string of the molecule is CC(C)CCN1C(=O)C(=NN2C(=O)CSC2=S)c2ccccc21. The Hall–Kier alpha value is -1.73. The zero-order valence-electron chi connectivity index (χ0n) is 13.0. The summed E-state index contributed by atoms with van der Waals surface area (Å²) in [6.45, 7) is 4.89. The zero-order chi connectivity index (χ0) is 16.6. The van der Waals surface area contributed by atoms with E-state index >= 15 is 0 Å². The van der Waals surface area contributed by atoms with Crippen molar-refractivity contribution in [2.75, 3.05) is 17.2 Å². The lowest BCUT2D eigenvalue weighted by atomic mass is 10.1. The van der Waals surface area contributed by atoms with Crippen LogP contribution in [0.15, 0.2) is 29.4 Å². The molecule has 1 aromatic carbocycles. The predicted molar refractivity (Wildman–Crippen MR) is 96.7 cm³/mol. The number of rotatable bonds is 4. The fourth-order valence-corrected chi connectivity index (χ4v) is 3.47. The zero-order valence-corrected chi connectivity index (χ0v) is 14.6. The van der Waals surface area contributed by atoms with Gasteiger partial charge in [0, 0.05) is 12.1 Å². The van der Waals surface area contributed by atoms with Gasteiger partial charge in [-0.25, -0.2) is 0 Å². The van der Waals surface area contributed by atoms with Crippen LogP contribution in [0.5, 0.6) is 0 Å². The normalized spacial score (nSPS) is 19.4. The Morgan fingerprint density at radius 2 is 2.04 bits per heavy atom. The molecule has 0 spiro atoms. The summed E-state index contributed by atoms with van der Waals surface area (Å²) in [6.07, 6.45) is 0.907. The van der Waals surface area contributed by atoms with Crippen LogP contribution in [-0.2, 0) is 9.59 Å². The first-order chi connectivity index (χ1) is 11.0. The number of hydrazone groups is 1. The molecule has 120 valence electrons. The van der Waals surface area contributed by atoms with Gasteiger partial charge in [0.15, 0.2) is 10.0 Å². The third kappa shape index (κ3) is 3.03. The van der Waals surface area contributed by atoms with Gasteiger partial charge in [-0.15, -0.1) is 0 Å². The van der Waals surface area contributed by atoms with Gasteiger partial charge in [0.2, 0.25) is 0 Å². The van der Waals surface area contributed by atoms with E-state index in [1.807, 2.05) is 24.3 Å². The van der Waals surface area contributed by atoms with Crippen LogP contribution >= 0.6 is 24.0 Å². The monoisotopic (exact) mass is 347 g/mol. The Labute approximate surface area is 144 Å². The molecule has 0 atom stereocenters. The molecular weight excluding hydrogens is 330 g/mol. The number of anilines is 1. The molecule has 5 nitrogen and oxygen atoms in total. The summed E-state index contributed by atoms with van der Waals surface area (Å²) < 4.78 is 0.397. The molecule has 0 bridgehead atoms. The van der Waals surface area contributed by atoms with Gasteiger partial charge < -0.3 is 4.90 Å². The van der Waals surface area contributed by atoms with Crippen molar-refractivity contribution in [3.8, 4) is 0 Å². The van der Waals surface area contributed by atoms with Crippen molar-refractivity contribution >= 4 is 51.5 Å². The number of benzene rings is 1. The number of carbonyl (C=O) groups is 2. The Bertz CT molecular complexity index is 699. The van der Waals surface area contributed by atoms with Crippen molar-refractivity contribution in [2.24, 2.45) is 11.0 Å². The first kappa shape index (κ1) is 16.1. The molecule has 3 rings (SSSR count). The Balaban J connectivity index is 1.97. The van der Waals surface area contributed by atoms with Gasteiger partial charge in [-0.1, -0.05) is 56.0 Å². The van der Waals surface area contributed by atoms with Crippen molar-refractivity contribution in [3.05, 3.63) is 29.8 Å². The van der Waals surface area contributed by atoms with Crippen LogP contribution in [0.1, 0.15) is 25.8 Å². The summed E-state index contributed by atoms with van der Waals surface area (Å²) in [7, 11) is 0. The summed E-state index contributed by atoms with van der Waals surface area (Å²) in [5.41, 5.74) is 1.90. The summed E-state index contributed by atoms with van der Waals surface area (Å²) in [6, 6.07) is 7.54. The molecule has 0 unspecified atom stereocenters. The summed E-state index contributed by atoms with van der Waals surface area (Å²) in [5.74, 6) is 0.431. The second-order valence-electron chi connectivity index (χ2n) is 5.87. The quantitative estimate of drug-likeness (QED) is 0.786. The van der Waals surface area contributed by atoms with Crippen LogP contribution in [-0.4, -0.2) is 39.2 Å². The molecule has 0 radical (unpaired) electrons. The van der Waals surface area contributed by atoms with E-state index in [9.17, 15) is 9.59 Å². The molecule has 0 aliphatic carbocycles. The van der Waals surface area contributed by atoms with E-state index in [4.69, 9.17) is 12.2 Å². The van der Waals surface area contributed by atoms with Crippen molar-refractivity contribution in [2.45, 2.75) is 20.3 Å². The Morgan fingerprint density at radius 3 is 2.70 bits per heavy atom. The van der Waals surface area contributed by atoms with E-state index in [0.717, 1.165) is 17.7 Å². The molecule has 2 aliphatic rings. The van der Waals surface area contributed by atoms with Crippen LogP contribution in [0.25, 0.3) is 0 Å². The topological polar surface area (TPSA) is 53.0 Å². The number of carbonyl (C=O) groups excluding carboxylic acids is 2. The number of thioether (sulfide) groups is 1. The number of fused-ring (bicyclic) bond motifs is 1. The highest BCUT2D eigenvalue weighted by Gasteiger charge is 2.36. The van der Waals surface area contributed by atoms with Crippen molar-refractivity contribution in [3.63, 3.8) is 0 Å². The first-order valence-electron chi connectivity index (χ1n) is 7.48. The number of hydrogen-bond acceptors (Lipinski definition) is 5. The van der Waals surface area contributed by atoms with Gasteiger partial charge in [0.05, 0.1) is 11.4 Å². The molecule has 0 saturated carbocycles. The molecule has 7 heteroatoms. The van der Waals surface area contributed by atoms with Crippen LogP contribution < -0.4 is 4.90 Å².